The van der Waals surface area contributed by atoms with Gasteiger partial charge in [-0.3, -0.25) is 9.59 Å². The lowest BCUT2D eigenvalue weighted by molar-refractivity contribution is -0.130. The van der Waals surface area contributed by atoms with Crippen molar-refractivity contribution in [2.75, 3.05) is 5.73 Å². The molecule has 0 aliphatic carbocycles. The summed E-state index contributed by atoms with van der Waals surface area (Å²) in [4.78, 5) is 29.5. The fraction of sp³-hybridized carbons (Fsp3) is 0.364. The van der Waals surface area contributed by atoms with E-state index >= 15 is 0 Å². The quantitative estimate of drug-likeness (QED) is 0.491. The highest BCUT2D eigenvalue weighted by molar-refractivity contribution is 5.90. The number of nitriles is 1. The summed E-state index contributed by atoms with van der Waals surface area (Å²) in [6.45, 7) is 4.09. The number of anilines is 1. The minimum Gasteiger partial charge on any atom is -0.384 e. The fourth-order valence-electron chi connectivity index (χ4n) is 2.85. The number of hydrogen-bond donors (Lipinski definition) is 4. The molecular formula is C22H28N6O2. The van der Waals surface area contributed by atoms with Crippen LogP contribution in [-0.4, -0.2) is 28.9 Å². The predicted molar refractivity (Wildman–Crippen MR) is 115 cm³/mol. The Morgan fingerprint density at radius 3 is 2.60 bits per heavy atom. The van der Waals surface area contributed by atoms with E-state index in [0.717, 1.165) is 17.5 Å². The second-order valence-electron chi connectivity index (χ2n) is 7.30. The summed E-state index contributed by atoms with van der Waals surface area (Å²) in [5.74, 6) is -0.350. The van der Waals surface area contributed by atoms with E-state index in [1.54, 1.807) is 36.5 Å². The lowest BCUT2D eigenvalue weighted by Crippen LogP contribution is -2.53. The zero-order valence-corrected chi connectivity index (χ0v) is 17.3. The molecule has 3 atom stereocenters. The molecule has 0 saturated carbocycles. The highest BCUT2D eigenvalue weighted by Gasteiger charge is 2.26. The highest BCUT2D eigenvalue weighted by atomic mass is 16.2. The van der Waals surface area contributed by atoms with Crippen LogP contribution in [0.25, 0.3) is 0 Å². The third-order valence-electron chi connectivity index (χ3n) is 5.00. The zero-order chi connectivity index (χ0) is 22.1. The van der Waals surface area contributed by atoms with Gasteiger partial charge in [-0.25, -0.2) is 4.98 Å². The third-order valence-corrected chi connectivity index (χ3v) is 5.00. The highest BCUT2D eigenvalue weighted by Crippen LogP contribution is 2.10. The van der Waals surface area contributed by atoms with Gasteiger partial charge in [-0.15, -0.1) is 0 Å². The van der Waals surface area contributed by atoms with Crippen molar-refractivity contribution in [2.45, 2.75) is 45.3 Å². The van der Waals surface area contributed by atoms with Crippen LogP contribution in [0.2, 0.25) is 0 Å². The van der Waals surface area contributed by atoms with Gasteiger partial charge in [0.25, 0.3) is 0 Å². The van der Waals surface area contributed by atoms with Gasteiger partial charge in [-0.2, -0.15) is 5.26 Å². The molecule has 0 radical (unpaired) electrons. The number of nitrogens with two attached hydrogens (primary N) is 2. The van der Waals surface area contributed by atoms with Gasteiger partial charge in [0.05, 0.1) is 17.7 Å². The summed E-state index contributed by atoms with van der Waals surface area (Å²) >= 11 is 0. The topological polar surface area (TPSA) is 147 Å². The third kappa shape index (κ3) is 6.57. The lowest BCUT2D eigenvalue weighted by Gasteiger charge is -2.23. The Balaban J connectivity index is 2.14. The SMILES string of the molecule is CCC(C)[C@@H](N)C(=O)N[C@@H](Cc1cccc(C#N)c1)C(=O)NCc1ccc(N)nc1. The van der Waals surface area contributed by atoms with Gasteiger partial charge in [0.15, 0.2) is 0 Å². The number of nitrogen functional groups attached to an aromatic ring is 1. The number of carbonyl (C=O) groups is 2. The number of hydrogen-bond acceptors (Lipinski definition) is 6. The number of pyridine rings is 1. The Morgan fingerprint density at radius 1 is 1.20 bits per heavy atom. The number of nitrogens with one attached hydrogen (secondary N) is 2. The minimum atomic E-state index is -0.830. The number of benzene rings is 1. The first kappa shape index (κ1) is 22.8. The number of amides is 2. The van der Waals surface area contributed by atoms with Crippen LogP contribution in [-0.2, 0) is 22.6 Å². The van der Waals surface area contributed by atoms with Crippen LogP contribution >= 0.6 is 0 Å². The number of nitrogens with zero attached hydrogens (tertiary/aromatic N) is 2. The van der Waals surface area contributed by atoms with Crippen molar-refractivity contribution in [3.05, 3.63) is 59.3 Å². The lowest BCUT2D eigenvalue weighted by atomic mass is 9.98. The average molecular weight is 409 g/mol. The Bertz CT molecular complexity index is 907. The summed E-state index contributed by atoms with van der Waals surface area (Å²) in [6, 6.07) is 10.9. The van der Waals surface area contributed by atoms with Crippen LogP contribution in [0.4, 0.5) is 5.82 Å². The van der Waals surface area contributed by atoms with Gasteiger partial charge < -0.3 is 22.1 Å². The van der Waals surface area contributed by atoms with Gasteiger partial charge in [0, 0.05) is 19.2 Å². The van der Waals surface area contributed by atoms with Gasteiger partial charge in [0.2, 0.25) is 11.8 Å². The fourth-order valence-corrected chi connectivity index (χ4v) is 2.85. The molecule has 2 rings (SSSR count). The van der Waals surface area contributed by atoms with Crippen molar-refractivity contribution >= 4 is 17.6 Å². The van der Waals surface area contributed by atoms with Gasteiger partial charge in [-0.1, -0.05) is 38.5 Å². The maximum Gasteiger partial charge on any atom is 0.243 e. The predicted octanol–water partition coefficient (Wildman–Crippen LogP) is 1.25. The summed E-state index contributed by atoms with van der Waals surface area (Å²) in [5.41, 5.74) is 13.6. The first-order chi connectivity index (χ1) is 14.3. The Kier molecular flexibility index (Phi) is 8.32. The molecule has 6 N–H and O–H groups in total. The minimum absolute atomic E-state index is 0.0171. The molecule has 1 aromatic carbocycles. The molecule has 2 amide bonds. The van der Waals surface area contributed by atoms with E-state index in [0.29, 0.717) is 11.4 Å². The molecule has 1 unspecified atom stereocenters. The van der Waals surface area contributed by atoms with Crippen molar-refractivity contribution in [3.8, 4) is 6.07 Å². The van der Waals surface area contributed by atoms with Crippen LogP contribution in [0, 0.1) is 17.2 Å². The molecule has 0 aliphatic rings. The monoisotopic (exact) mass is 408 g/mol. The average Bonchev–Trinajstić information content (AvgIpc) is 2.76. The molecule has 0 bridgehead atoms. The van der Waals surface area contributed by atoms with Crippen molar-refractivity contribution < 1.29 is 9.59 Å². The summed E-state index contributed by atoms with van der Waals surface area (Å²) in [7, 11) is 0. The zero-order valence-electron chi connectivity index (χ0n) is 17.3. The Labute approximate surface area is 176 Å². The maximum absolute atomic E-state index is 12.9. The van der Waals surface area contributed by atoms with E-state index in [9.17, 15) is 9.59 Å². The smallest absolute Gasteiger partial charge is 0.243 e. The van der Waals surface area contributed by atoms with Crippen molar-refractivity contribution in [2.24, 2.45) is 11.7 Å². The van der Waals surface area contributed by atoms with Crippen molar-refractivity contribution in [3.63, 3.8) is 0 Å². The molecule has 1 heterocycles. The molecule has 8 nitrogen and oxygen atoms in total. The molecule has 0 fully saturated rings. The van der Waals surface area contributed by atoms with Gasteiger partial charge in [0.1, 0.15) is 11.9 Å². The number of rotatable bonds is 9. The van der Waals surface area contributed by atoms with Crippen molar-refractivity contribution in [1.82, 2.24) is 15.6 Å². The molecule has 8 heteroatoms. The number of aromatic nitrogens is 1. The van der Waals surface area contributed by atoms with Gasteiger partial charge >= 0.3 is 0 Å². The van der Waals surface area contributed by atoms with Crippen LogP contribution in [0.5, 0.6) is 0 Å². The summed E-state index contributed by atoms with van der Waals surface area (Å²) < 4.78 is 0. The van der Waals surface area contributed by atoms with E-state index in [1.807, 2.05) is 19.9 Å². The maximum atomic E-state index is 12.9. The largest absolute Gasteiger partial charge is 0.384 e. The molecular weight excluding hydrogens is 380 g/mol. The first-order valence-corrected chi connectivity index (χ1v) is 9.87. The van der Waals surface area contributed by atoms with E-state index < -0.39 is 12.1 Å². The second-order valence-corrected chi connectivity index (χ2v) is 7.30. The Morgan fingerprint density at radius 2 is 1.97 bits per heavy atom. The normalized spacial score (nSPS) is 13.5. The van der Waals surface area contributed by atoms with Crippen LogP contribution in [0.1, 0.15) is 37.0 Å². The first-order valence-electron chi connectivity index (χ1n) is 9.87. The van der Waals surface area contributed by atoms with Crippen LogP contribution in [0.3, 0.4) is 0 Å². The molecule has 158 valence electrons. The molecule has 0 saturated heterocycles. The summed E-state index contributed by atoms with van der Waals surface area (Å²) in [6.07, 6.45) is 2.57. The molecule has 1 aromatic heterocycles. The van der Waals surface area contributed by atoms with Crippen molar-refractivity contribution in [1.29, 1.82) is 5.26 Å². The van der Waals surface area contributed by atoms with E-state index in [-0.39, 0.29) is 30.7 Å². The van der Waals surface area contributed by atoms with Gasteiger partial charge in [-0.05, 0) is 35.2 Å². The summed E-state index contributed by atoms with van der Waals surface area (Å²) in [5, 5.41) is 14.7. The molecule has 30 heavy (non-hydrogen) atoms. The number of carbonyl (C=O) groups excluding carboxylic acids is 2. The van der Waals surface area contributed by atoms with E-state index in [2.05, 4.69) is 21.7 Å². The van der Waals surface area contributed by atoms with E-state index in [4.69, 9.17) is 16.7 Å². The molecule has 2 aromatic rings. The van der Waals surface area contributed by atoms with Crippen LogP contribution < -0.4 is 22.1 Å². The standard InChI is InChI=1S/C22H28N6O2/c1-3-14(2)20(25)22(30)28-18(10-15-5-4-6-16(9-15)11-23)21(29)27-13-17-7-8-19(24)26-12-17/h4-9,12,14,18,20H,3,10,13,25H2,1-2H3,(H2,24,26)(H,27,29)(H,28,30)/t14?,18-,20+/m0/s1. The molecule has 0 spiro atoms. The van der Waals surface area contributed by atoms with E-state index in [1.165, 1.54) is 0 Å². The van der Waals surface area contributed by atoms with Crippen LogP contribution in [0.15, 0.2) is 42.6 Å². The molecule has 0 aliphatic heterocycles. The second kappa shape index (κ2) is 10.9. The Hall–Kier alpha value is -3.44.